The van der Waals surface area contributed by atoms with Crippen LogP contribution in [0.3, 0.4) is 0 Å². The second kappa shape index (κ2) is 5.72. The van der Waals surface area contributed by atoms with Gasteiger partial charge < -0.3 is 14.5 Å². The van der Waals surface area contributed by atoms with Crippen LogP contribution in [-0.4, -0.2) is 35.9 Å². The number of aromatic nitrogens is 1. The van der Waals surface area contributed by atoms with Crippen LogP contribution in [0.4, 0.5) is 0 Å². The Morgan fingerprint density at radius 2 is 1.61 bits per heavy atom. The predicted molar refractivity (Wildman–Crippen MR) is 81.6 cm³/mol. The predicted octanol–water partition coefficient (Wildman–Crippen LogP) is 2.58. The Balaban J connectivity index is 2.22. The Morgan fingerprint density at radius 1 is 1.00 bits per heavy atom. The number of hydrogen-bond acceptors (Lipinski definition) is 5. The Hall–Kier alpha value is -2.89. The number of H-pyrrole nitrogens is 1. The standard InChI is InChI=1S/C17H15NO5/c1-3-22-16(20)12-11-13(18-14(12)17(21)23-4-2)9-7-5-6-8-10(9)15(11)19/h5-8,18H,3-4H2,1-2H3. The number of aromatic amines is 1. The lowest BCUT2D eigenvalue weighted by Gasteiger charge is -2.06. The van der Waals surface area contributed by atoms with E-state index in [9.17, 15) is 14.4 Å². The Morgan fingerprint density at radius 3 is 2.26 bits per heavy atom. The van der Waals surface area contributed by atoms with E-state index in [1.165, 1.54) is 0 Å². The molecule has 0 radical (unpaired) electrons. The summed E-state index contributed by atoms with van der Waals surface area (Å²) in [5.74, 6) is -1.70. The maximum Gasteiger partial charge on any atom is 0.355 e. The van der Waals surface area contributed by atoms with Crippen LogP contribution in [0.2, 0.25) is 0 Å². The van der Waals surface area contributed by atoms with Crippen LogP contribution in [0, 0.1) is 0 Å². The summed E-state index contributed by atoms with van der Waals surface area (Å²) in [5.41, 5.74) is 1.69. The van der Waals surface area contributed by atoms with E-state index in [2.05, 4.69) is 4.98 Å². The van der Waals surface area contributed by atoms with Crippen LogP contribution in [0.5, 0.6) is 0 Å². The van der Waals surface area contributed by atoms with Gasteiger partial charge in [-0.15, -0.1) is 0 Å². The zero-order valence-electron chi connectivity index (χ0n) is 12.8. The van der Waals surface area contributed by atoms with Crippen molar-refractivity contribution in [1.29, 1.82) is 0 Å². The molecule has 23 heavy (non-hydrogen) atoms. The normalized spacial score (nSPS) is 11.8. The van der Waals surface area contributed by atoms with Gasteiger partial charge in [-0.3, -0.25) is 4.79 Å². The summed E-state index contributed by atoms with van der Waals surface area (Å²) in [6.07, 6.45) is 0. The van der Waals surface area contributed by atoms with E-state index in [0.717, 1.165) is 0 Å². The number of carbonyl (C=O) groups excluding carboxylic acids is 3. The minimum absolute atomic E-state index is 0.0434. The molecule has 0 bridgehead atoms. The average Bonchev–Trinajstić information content (AvgIpc) is 3.05. The highest BCUT2D eigenvalue weighted by molar-refractivity contribution is 6.26. The monoisotopic (exact) mass is 313 g/mol. The van der Waals surface area contributed by atoms with Crippen molar-refractivity contribution in [2.45, 2.75) is 13.8 Å². The second-order valence-electron chi connectivity index (χ2n) is 4.94. The van der Waals surface area contributed by atoms with Gasteiger partial charge in [0.05, 0.1) is 24.5 Å². The summed E-state index contributed by atoms with van der Waals surface area (Å²) in [6.45, 7) is 3.63. The summed E-state index contributed by atoms with van der Waals surface area (Å²) < 4.78 is 9.98. The van der Waals surface area contributed by atoms with E-state index >= 15 is 0 Å². The molecule has 6 heteroatoms. The zero-order chi connectivity index (χ0) is 16.6. The summed E-state index contributed by atoms with van der Waals surface area (Å²) >= 11 is 0. The lowest BCUT2D eigenvalue weighted by atomic mass is 10.1. The van der Waals surface area contributed by atoms with E-state index in [1.807, 2.05) is 0 Å². The molecule has 0 saturated carbocycles. The minimum Gasteiger partial charge on any atom is -0.462 e. The summed E-state index contributed by atoms with van der Waals surface area (Å²) in [4.78, 5) is 39.9. The average molecular weight is 313 g/mol. The largest absolute Gasteiger partial charge is 0.462 e. The Labute approximate surface area is 132 Å². The number of ketones is 1. The Bertz CT molecular complexity index is 818. The summed E-state index contributed by atoms with van der Waals surface area (Å²) in [6, 6.07) is 6.99. The van der Waals surface area contributed by atoms with Gasteiger partial charge in [0, 0.05) is 11.1 Å². The number of nitrogens with one attached hydrogen (secondary N) is 1. The van der Waals surface area contributed by atoms with Crippen molar-refractivity contribution in [2.24, 2.45) is 0 Å². The molecule has 1 aliphatic rings. The molecular formula is C17H15NO5. The molecule has 0 saturated heterocycles. The quantitative estimate of drug-likeness (QED) is 0.748. The fourth-order valence-corrected chi connectivity index (χ4v) is 2.73. The van der Waals surface area contributed by atoms with Gasteiger partial charge in [0.1, 0.15) is 11.3 Å². The molecule has 3 rings (SSSR count). The van der Waals surface area contributed by atoms with Crippen molar-refractivity contribution in [2.75, 3.05) is 13.2 Å². The lowest BCUT2D eigenvalue weighted by Crippen LogP contribution is -2.16. The molecule has 0 unspecified atom stereocenters. The van der Waals surface area contributed by atoms with Crippen molar-refractivity contribution in [3.8, 4) is 11.3 Å². The third-order valence-electron chi connectivity index (χ3n) is 3.63. The number of fused-ring (bicyclic) bond motifs is 3. The number of benzene rings is 1. The number of ether oxygens (including phenoxy) is 2. The van der Waals surface area contributed by atoms with E-state index < -0.39 is 11.9 Å². The first-order chi connectivity index (χ1) is 11.1. The van der Waals surface area contributed by atoms with Gasteiger partial charge in [-0.1, -0.05) is 24.3 Å². The molecule has 0 spiro atoms. The molecule has 1 aromatic carbocycles. The Kier molecular flexibility index (Phi) is 3.73. The number of hydrogen-bond donors (Lipinski definition) is 1. The van der Waals surface area contributed by atoms with Crippen molar-refractivity contribution in [1.82, 2.24) is 4.98 Å². The second-order valence-corrected chi connectivity index (χ2v) is 4.94. The molecule has 0 fully saturated rings. The van der Waals surface area contributed by atoms with Gasteiger partial charge in [-0.05, 0) is 13.8 Å². The third kappa shape index (κ3) is 2.23. The van der Waals surface area contributed by atoms with Gasteiger partial charge in [0.2, 0.25) is 0 Å². The fourth-order valence-electron chi connectivity index (χ4n) is 2.73. The molecule has 1 N–H and O–H groups in total. The number of carbonyl (C=O) groups is 3. The first-order valence-electron chi connectivity index (χ1n) is 7.34. The van der Waals surface area contributed by atoms with Gasteiger partial charge in [0.25, 0.3) is 0 Å². The topological polar surface area (TPSA) is 85.5 Å². The zero-order valence-corrected chi connectivity index (χ0v) is 12.8. The molecule has 1 aliphatic carbocycles. The van der Waals surface area contributed by atoms with Crippen LogP contribution in [-0.2, 0) is 9.47 Å². The third-order valence-corrected chi connectivity index (χ3v) is 3.63. The van der Waals surface area contributed by atoms with E-state index in [-0.39, 0.29) is 35.8 Å². The van der Waals surface area contributed by atoms with Crippen molar-refractivity contribution in [3.05, 3.63) is 46.6 Å². The van der Waals surface area contributed by atoms with Crippen LogP contribution in [0.25, 0.3) is 11.3 Å². The minimum atomic E-state index is -0.714. The highest BCUT2D eigenvalue weighted by atomic mass is 16.5. The molecule has 6 nitrogen and oxygen atoms in total. The van der Waals surface area contributed by atoms with Gasteiger partial charge >= 0.3 is 11.9 Å². The molecule has 118 valence electrons. The SMILES string of the molecule is CCOC(=O)c1[nH]c2c(c1C(=O)OCC)C(=O)c1ccccc1-2. The maximum atomic E-state index is 12.6. The fraction of sp³-hybridized carbons (Fsp3) is 0.235. The molecule has 0 atom stereocenters. The van der Waals surface area contributed by atoms with Gasteiger partial charge in [-0.25, -0.2) is 9.59 Å². The molecule has 0 aliphatic heterocycles. The molecule has 1 heterocycles. The van der Waals surface area contributed by atoms with Crippen LogP contribution >= 0.6 is 0 Å². The number of esters is 2. The number of rotatable bonds is 4. The van der Waals surface area contributed by atoms with E-state index in [4.69, 9.17) is 9.47 Å². The van der Waals surface area contributed by atoms with E-state index in [0.29, 0.717) is 16.8 Å². The highest BCUT2D eigenvalue weighted by Gasteiger charge is 2.38. The van der Waals surface area contributed by atoms with Gasteiger partial charge in [0.15, 0.2) is 5.78 Å². The summed E-state index contributed by atoms with van der Waals surface area (Å²) in [5, 5.41) is 0. The van der Waals surface area contributed by atoms with Crippen molar-refractivity contribution < 1.29 is 23.9 Å². The van der Waals surface area contributed by atoms with Crippen LogP contribution in [0.1, 0.15) is 50.6 Å². The lowest BCUT2D eigenvalue weighted by molar-refractivity contribution is 0.0474. The molecule has 1 aromatic heterocycles. The maximum absolute atomic E-state index is 12.6. The van der Waals surface area contributed by atoms with Crippen LogP contribution < -0.4 is 0 Å². The molecule has 0 amide bonds. The van der Waals surface area contributed by atoms with E-state index in [1.54, 1.807) is 38.1 Å². The van der Waals surface area contributed by atoms with Crippen molar-refractivity contribution >= 4 is 17.7 Å². The molecular weight excluding hydrogens is 298 g/mol. The first-order valence-corrected chi connectivity index (χ1v) is 7.34. The first kappa shape index (κ1) is 15.0. The van der Waals surface area contributed by atoms with Crippen LogP contribution in [0.15, 0.2) is 24.3 Å². The van der Waals surface area contributed by atoms with Crippen molar-refractivity contribution in [3.63, 3.8) is 0 Å². The highest BCUT2D eigenvalue weighted by Crippen LogP contribution is 2.39. The smallest absolute Gasteiger partial charge is 0.355 e. The summed E-state index contributed by atoms with van der Waals surface area (Å²) in [7, 11) is 0. The molecule has 2 aromatic rings. The van der Waals surface area contributed by atoms with Gasteiger partial charge in [-0.2, -0.15) is 0 Å².